The Morgan fingerprint density at radius 1 is 1.25 bits per heavy atom. The molecule has 20 heavy (non-hydrogen) atoms. The summed E-state index contributed by atoms with van der Waals surface area (Å²) in [6.07, 6.45) is 3.42. The maximum Gasteiger partial charge on any atom is 0.333 e. The summed E-state index contributed by atoms with van der Waals surface area (Å²) in [6.45, 7) is -0.0579. The van der Waals surface area contributed by atoms with Gasteiger partial charge in [0, 0.05) is 19.3 Å². The highest BCUT2D eigenvalue weighted by Gasteiger charge is 2.33. The summed E-state index contributed by atoms with van der Waals surface area (Å²) in [5, 5.41) is 15.0. The Bertz CT molecular complexity index is 552. The fourth-order valence-electron chi connectivity index (χ4n) is 2.31. The van der Waals surface area contributed by atoms with Crippen LogP contribution in [0.1, 0.15) is 31.2 Å². The Kier molecular flexibility index (Phi) is 4.64. The quantitative estimate of drug-likeness (QED) is 0.766. The molecule has 112 valence electrons. The van der Waals surface area contributed by atoms with Crippen LogP contribution in [0.5, 0.6) is 5.75 Å². The lowest BCUT2D eigenvalue weighted by atomic mass is 10.1. The minimum Gasteiger partial charge on any atom is -0.462 e. The second-order valence-corrected chi connectivity index (χ2v) is 6.15. The van der Waals surface area contributed by atoms with Gasteiger partial charge in [0.25, 0.3) is 0 Å². The minimum absolute atomic E-state index is 0.0579. The average molecular weight is 301 g/mol. The highest BCUT2D eigenvalue weighted by atomic mass is 32.2. The van der Waals surface area contributed by atoms with E-state index >= 15 is 0 Å². The van der Waals surface area contributed by atoms with Crippen molar-refractivity contribution in [2.75, 3.05) is 6.61 Å². The van der Waals surface area contributed by atoms with Crippen molar-refractivity contribution < 1.29 is 22.4 Å². The lowest BCUT2D eigenvalue weighted by molar-refractivity contribution is -0.130. The number of nitrogens with two attached hydrogens (primary N) is 1. The first-order valence-electron chi connectivity index (χ1n) is 6.54. The molecular weight excluding hydrogens is 282 g/mol. The van der Waals surface area contributed by atoms with Crippen LogP contribution in [0.15, 0.2) is 24.3 Å². The van der Waals surface area contributed by atoms with Gasteiger partial charge in [0.05, 0.1) is 6.61 Å². The SMILES string of the molecule is NS(=O)(=O)OCCc1ccccc1OC1(O)CCCC1. The van der Waals surface area contributed by atoms with Crippen molar-refractivity contribution in [2.24, 2.45) is 5.14 Å². The van der Waals surface area contributed by atoms with Gasteiger partial charge < -0.3 is 9.84 Å². The van der Waals surface area contributed by atoms with E-state index < -0.39 is 16.1 Å². The molecule has 0 bridgehead atoms. The zero-order chi connectivity index (χ0) is 14.6. The summed E-state index contributed by atoms with van der Waals surface area (Å²) in [6, 6.07) is 7.18. The Balaban J connectivity index is 2.02. The minimum atomic E-state index is -3.93. The molecule has 0 saturated heterocycles. The van der Waals surface area contributed by atoms with Gasteiger partial charge in [-0.2, -0.15) is 8.42 Å². The predicted molar refractivity (Wildman–Crippen MR) is 73.3 cm³/mol. The first-order valence-corrected chi connectivity index (χ1v) is 8.02. The third-order valence-corrected chi connectivity index (χ3v) is 3.77. The van der Waals surface area contributed by atoms with E-state index in [9.17, 15) is 13.5 Å². The molecule has 1 aromatic carbocycles. The van der Waals surface area contributed by atoms with E-state index in [1.54, 1.807) is 18.2 Å². The van der Waals surface area contributed by atoms with Gasteiger partial charge in [-0.1, -0.05) is 18.2 Å². The molecule has 3 N–H and O–H groups in total. The fourth-order valence-corrected chi connectivity index (χ4v) is 2.63. The van der Waals surface area contributed by atoms with Gasteiger partial charge in [-0.15, -0.1) is 0 Å². The number of aliphatic hydroxyl groups is 1. The van der Waals surface area contributed by atoms with Gasteiger partial charge in [0.1, 0.15) is 5.75 Å². The molecule has 1 aliphatic carbocycles. The zero-order valence-electron chi connectivity index (χ0n) is 11.1. The van der Waals surface area contributed by atoms with Crippen molar-refractivity contribution in [3.63, 3.8) is 0 Å². The van der Waals surface area contributed by atoms with Crippen molar-refractivity contribution in [1.82, 2.24) is 0 Å². The molecule has 1 aromatic rings. The van der Waals surface area contributed by atoms with Crippen LogP contribution in [0, 0.1) is 0 Å². The molecule has 1 saturated carbocycles. The molecule has 0 spiro atoms. The highest BCUT2D eigenvalue weighted by Crippen LogP contribution is 2.33. The third-order valence-electron chi connectivity index (χ3n) is 3.28. The van der Waals surface area contributed by atoms with Crippen LogP contribution >= 0.6 is 0 Å². The number of benzene rings is 1. The first-order chi connectivity index (χ1) is 9.38. The van der Waals surface area contributed by atoms with Crippen LogP contribution in [0.4, 0.5) is 0 Å². The smallest absolute Gasteiger partial charge is 0.333 e. The van der Waals surface area contributed by atoms with Crippen molar-refractivity contribution in [2.45, 2.75) is 37.9 Å². The summed E-state index contributed by atoms with van der Waals surface area (Å²) in [5.74, 6) is -0.563. The Labute approximate surface area is 118 Å². The van der Waals surface area contributed by atoms with Gasteiger partial charge in [-0.05, 0) is 24.5 Å². The number of hydrogen-bond acceptors (Lipinski definition) is 5. The second kappa shape index (κ2) is 6.09. The Hall–Kier alpha value is -1.15. The maximum atomic E-state index is 10.7. The third kappa shape index (κ3) is 4.45. The summed E-state index contributed by atoms with van der Waals surface area (Å²) in [7, 11) is -3.93. The summed E-state index contributed by atoms with van der Waals surface area (Å²) in [4.78, 5) is 0. The van der Waals surface area contributed by atoms with Crippen LogP contribution in [0.25, 0.3) is 0 Å². The van der Waals surface area contributed by atoms with E-state index in [0.29, 0.717) is 25.0 Å². The van der Waals surface area contributed by atoms with Crippen molar-refractivity contribution >= 4 is 10.3 Å². The maximum absolute atomic E-state index is 10.7. The van der Waals surface area contributed by atoms with E-state index in [2.05, 4.69) is 4.18 Å². The number of hydrogen-bond donors (Lipinski definition) is 2. The molecule has 6 nitrogen and oxygen atoms in total. The van der Waals surface area contributed by atoms with Crippen LogP contribution < -0.4 is 9.88 Å². The van der Waals surface area contributed by atoms with Crippen LogP contribution in [0.2, 0.25) is 0 Å². The van der Waals surface area contributed by atoms with Crippen molar-refractivity contribution in [3.05, 3.63) is 29.8 Å². The van der Waals surface area contributed by atoms with Gasteiger partial charge >= 0.3 is 10.3 Å². The molecule has 1 aliphatic rings. The molecule has 0 unspecified atom stereocenters. The highest BCUT2D eigenvalue weighted by molar-refractivity contribution is 7.84. The molecule has 0 aromatic heterocycles. The molecule has 0 aliphatic heterocycles. The molecule has 0 amide bonds. The average Bonchev–Trinajstić information content (AvgIpc) is 2.77. The van der Waals surface area contributed by atoms with Gasteiger partial charge in [-0.25, -0.2) is 5.14 Å². The number of ether oxygens (including phenoxy) is 1. The predicted octanol–water partition coefficient (Wildman–Crippen LogP) is 1.09. The monoisotopic (exact) mass is 301 g/mol. The Morgan fingerprint density at radius 2 is 1.90 bits per heavy atom. The van der Waals surface area contributed by atoms with Crippen molar-refractivity contribution in [1.29, 1.82) is 0 Å². The standard InChI is InChI=1S/C13H19NO5S/c14-20(16,17)18-10-7-11-5-1-2-6-12(11)19-13(15)8-3-4-9-13/h1-2,5-6,15H,3-4,7-10H2,(H2,14,16,17). The lowest BCUT2D eigenvalue weighted by Gasteiger charge is -2.25. The zero-order valence-corrected chi connectivity index (χ0v) is 11.9. The second-order valence-electron chi connectivity index (χ2n) is 4.93. The molecule has 0 heterocycles. The lowest BCUT2D eigenvalue weighted by Crippen LogP contribution is -2.32. The van der Waals surface area contributed by atoms with E-state index in [4.69, 9.17) is 9.88 Å². The summed E-state index contributed by atoms with van der Waals surface area (Å²) < 4.78 is 31.7. The first kappa shape index (κ1) is 15.2. The molecule has 0 radical (unpaired) electrons. The summed E-state index contributed by atoms with van der Waals surface area (Å²) >= 11 is 0. The van der Waals surface area contributed by atoms with Crippen LogP contribution in [-0.2, 0) is 20.9 Å². The molecule has 1 fully saturated rings. The largest absolute Gasteiger partial charge is 0.462 e. The van der Waals surface area contributed by atoms with Gasteiger partial charge in [-0.3, -0.25) is 4.18 Å². The van der Waals surface area contributed by atoms with Crippen molar-refractivity contribution in [3.8, 4) is 5.75 Å². The normalized spacial score (nSPS) is 18.1. The summed E-state index contributed by atoms with van der Waals surface area (Å²) in [5.41, 5.74) is 0.775. The number of para-hydroxylation sites is 1. The molecule has 7 heteroatoms. The topological polar surface area (TPSA) is 98.9 Å². The van der Waals surface area contributed by atoms with E-state index in [1.807, 2.05) is 6.07 Å². The van der Waals surface area contributed by atoms with Gasteiger partial charge in [0.15, 0.2) is 0 Å². The fraction of sp³-hybridized carbons (Fsp3) is 0.538. The van der Waals surface area contributed by atoms with Gasteiger partial charge in [0.2, 0.25) is 5.79 Å². The van der Waals surface area contributed by atoms with Crippen LogP contribution in [-0.4, -0.2) is 25.9 Å². The van der Waals surface area contributed by atoms with E-state index in [0.717, 1.165) is 18.4 Å². The molecular formula is C13H19NO5S. The van der Waals surface area contributed by atoms with E-state index in [-0.39, 0.29) is 6.61 Å². The Morgan fingerprint density at radius 3 is 2.55 bits per heavy atom. The molecule has 0 atom stereocenters. The molecule has 2 rings (SSSR count). The number of rotatable bonds is 6. The van der Waals surface area contributed by atoms with Crippen LogP contribution in [0.3, 0.4) is 0 Å². The van der Waals surface area contributed by atoms with E-state index in [1.165, 1.54) is 0 Å².